The van der Waals surface area contributed by atoms with Crippen molar-refractivity contribution < 1.29 is 22.7 Å². The highest BCUT2D eigenvalue weighted by Crippen LogP contribution is 2.30. The molecule has 0 unspecified atom stereocenters. The molecular weight excluding hydrogens is 454 g/mol. The Hall–Kier alpha value is -2.33. The molecule has 0 aliphatic carbocycles. The van der Waals surface area contributed by atoms with Crippen LogP contribution in [-0.2, 0) is 10.0 Å². The van der Waals surface area contributed by atoms with Gasteiger partial charge in [-0.15, -0.1) is 0 Å². The molecule has 1 aliphatic heterocycles. The number of sulfonamides is 1. The van der Waals surface area contributed by atoms with Crippen molar-refractivity contribution in [3.05, 3.63) is 52.5 Å². The van der Waals surface area contributed by atoms with Gasteiger partial charge in [0.05, 0.1) is 25.3 Å². The predicted octanol–water partition coefficient (Wildman–Crippen LogP) is 2.78. The SMILES string of the molecule is COc1ccc(OC)c([C@H](C)NC(=O)c2ccc(Cl)c(S(=O)(=O)N3CCN(C)CC3)c2)c1. The maximum absolute atomic E-state index is 13.1. The maximum Gasteiger partial charge on any atom is 0.251 e. The van der Waals surface area contributed by atoms with Crippen LogP contribution in [0.25, 0.3) is 0 Å². The van der Waals surface area contributed by atoms with Gasteiger partial charge >= 0.3 is 0 Å². The fraction of sp³-hybridized carbons (Fsp3) is 0.409. The molecule has 1 heterocycles. The van der Waals surface area contributed by atoms with Gasteiger partial charge in [0, 0.05) is 37.3 Å². The van der Waals surface area contributed by atoms with Gasteiger partial charge in [0.1, 0.15) is 16.4 Å². The number of nitrogens with one attached hydrogen (secondary N) is 1. The number of ether oxygens (including phenoxy) is 2. The minimum absolute atomic E-state index is 0.0667. The van der Waals surface area contributed by atoms with Gasteiger partial charge in [0.15, 0.2) is 0 Å². The fourth-order valence-electron chi connectivity index (χ4n) is 3.55. The molecule has 0 saturated carbocycles. The van der Waals surface area contributed by atoms with Gasteiger partial charge < -0.3 is 19.7 Å². The monoisotopic (exact) mass is 481 g/mol. The van der Waals surface area contributed by atoms with Gasteiger partial charge in [-0.25, -0.2) is 8.42 Å². The molecule has 3 rings (SSSR count). The zero-order valence-corrected chi connectivity index (χ0v) is 20.2. The second kappa shape index (κ2) is 10.1. The molecule has 10 heteroatoms. The van der Waals surface area contributed by atoms with E-state index in [1.165, 1.54) is 22.5 Å². The Labute approximate surface area is 194 Å². The Balaban J connectivity index is 1.84. The lowest BCUT2D eigenvalue weighted by molar-refractivity contribution is 0.0939. The highest BCUT2D eigenvalue weighted by Gasteiger charge is 2.30. The molecular formula is C22H28ClN3O5S. The molecule has 32 heavy (non-hydrogen) atoms. The van der Waals surface area contributed by atoms with E-state index in [9.17, 15) is 13.2 Å². The number of methoxy groups -OCH3 is 2. The van der Waals surface area contributed by atoms with Crippen LogP contribution in [0.4, 0.5) is 0 Å². The van der Waals surface area contributed by atoms with Crippen LogP contribution in [0.5, 0.6) is 11.5 Å². The number of carbonyl (C=O) groups excluding carboxylic acids is 1. The van der Waals surface area contributed by atoms with Gasteiger partial charge in [-0.3, -0.25) is 4.79 Å². The van der Waals surface area contributed by atoms with Crippen molar-refractivity contribution in [3.8, 4) is 11.5 Å². The lowest BCUT2D eigenvalue weighted by Gasteiger charge is -2.31. The van der Waals surface area contributed by atoms with Crippen LogP contribution >= 0.6 is 11.6 Å². The second-order valence-corrected chi connectivity index (χ2v) is 9.97. The fourth-order valence-corrected chi connectivity index (χ4v) is 5.47. The van der Waals surface area contributed by atoms with E-state index in [2.05, 4.69) is 10.2 Å². The molecule has 8 nitrogen and oxygen atoms in total. The molecule has 1 amide bonds. The molecule has 0 spiro atoms. The third kappa shape index (κ3) is 5.17. The molecule has 1 fully saturated rings. The number of benzene rings is 2. The molecule has 2 aromatic carbocycles. The first-order chi connectivity index (χ1) is 15.2. The summed E-state index contributed by atoms with van der Waals surface area (Å²) in [5.74, 6) is 0.816. The summed E-state index contributed by atoms with van der Waals surface area (Å²) in [7, 11) is 1.24. The number of amides is 1. The standard InChI is InChI=1S/C22H28ClN3O5S/c1-15(18-14-17(30-3)6-8-20(18)31-4)24-22(27)16-5-7-19(23)21(13-16)32(28,29)26-11-9-25(2)10-12-26/h5-8,13-15H,9-12H2,1-4H3,(H,24,27)/t15-/m0/s1. The third-order valence-corrected chi connectivity index (χ3v) is 7.90. The Bertz CT molecular complexity index is 1080. The van der Waals surface area contributed by atoms with Gasteiger partial charge in [0.25, 0.3) is 5.91 Å². The van der Waals surface area contributed by atoms with E-state index < -0.39 is 22.0 Å². The molecule has 2 aromatic rings. The van der Waals surface area contributed by atoms with Gasteiger partial charge in [-0.1, -0.05) is 11.6 Å². The number of piperazine rings is 1. The first-order valence-electron chi connectivity index (χ1n) is 10.2. The van der Waals surface area contributed by atoms with Crippen LogP contribution in [0, 0.1) is 0 Å². The zero-order chi connectivity index (χ0) is 23.5. The van der Waals surface area contributed by atoms with E-state index in [0.29, 0.717) is 37.7 Å². The van der Waals surface area contributed by atoms with Crippen LogP contribution in [0.15, 0.2) is 41.3 Å². The number of rotatable bonds is 7. The van der Waals surface area contributed by atoms with Gasteiger partial charge in [-0.05, 0) is 50.4 Å². The highest BCUT2D eigenvalue weighted by atomic mass is 35.5. The lowest BCUT2D eigenvalue weighted by atomic mass is 10.1. The van der Waals surface area contributed by atoms with E-state index in [-0.39, 0.29) is 15.5 Å². The lowest BCUT2D eigenvalue weighted by Crippen LogP contribution is -2.47. The van der Waals surface area contributed by atoms with E-state index in [1.54, 1.807) is 32.4 Å². The molecule has 1 atom stereocenters. The summed E-state index contributed by atoms with van der Waals surface area (Å²) in [6.07, 6.45) is 0. The molecule has 174 valence electrons. The largest absolute Gasteiger partial charge is 0.497 e. The zero-order valence-electron chi connectivity index (χ0n) is 18.6. The number of likely N-dealkylation sites (N-methyl/N-ethyl adjacent to an activating group) is 1. The minimum Gasteiger partial charge on any atom is -0.497 e. The van der Waals surface area contributed by atoms with Crippen LogP contribution in [0.3, 0.4) is 0 Å². The second-order valence-electron chi connectivity index (χ2n) is 7.66. The predicted molar refractivity (Wildman–Crippen MR) is 123 cm³/mol. The van der Waals surface area contributed by atoms with Crippen LogP contribution < -0.4 is 14.8 Å². The number of carbonyl (C=O) groups is 1. The molecule has 1 saturated heterocycles. The molecule has 1 aliphatic rings. The normalized spacial score (nSPS) is 16.4. The average Bonchev–Trinajstić information content (AvgIpc) is 2.78. The van der Waals surface area contributed by atoms with Crippen molar-refractivity contribution in [2.45, 2.75) is 17.9 Å². The van der Waals surface area contributed by atoms with Crippen molar-refractivity contribution in [2.24, 2.45) is 0 Å². The van der Waals surface area contributed by atoms with Crippen LogP contribution in [-0.4, -0.2) is 71.0 Å². The average molecular weight is 482 g/mol. The Morgan fingerprint density at radius 1 is 1.06 bits per heavy atom. The van der Waals surface area contributed by atoms with E-state index >= 15 is 0 Å². The van der Waals surface area contributed by atoms with Crippen molar-refractivity contribution in [1.82, 2.24) is 14.5 Å². The Kier molecular flexibility index (Phi) is 7.66. The summed E-state index contributed by atoms with van der Waals surface area (Å²) in [5.41, 5.74) is 0.940. The minimum atomic E-state index is -3.81. The summed E-state index contributed by atoms with van der Waals surface area (Å²) in [5, 5.41) is 2.98. The summed E-state index contributed by atoms with van der Waals surface area (Å²) in [6, 6.07) is 9.19. The quantitative estimate of drug-likeness (QED) is 0.654. The smallest absolute Gasteiger partial charge is 0.251 e. The Morgan fingerprint density at radius 2 is 1.75 bits per heavy atom. The summed E-state index contributed by atoms with van der Waals surface area (Å²) >= 11 is 6.23. The summed E-state index contributed by atoms with van der Waals surface area (Å²) < 4.78 is 38.4. The number of hydrogen-bond donors (Lipinski definition) is 1. The highest BCUT2D eigenvalue weighted by molar-refractivity contribution is 7.89. The third-order valence-electron chi connectivity index (χ3n) is 5.52. The van der Waals surface area contributed by atoms with Crippen molar-refractivity contribution >= 4 is 27.5 Å². The molecule has 0 bridgehead atoms. The Morgan fingerprint density at radius 3 is 2.38 bits per heavy atom. The number of hydrogen-bond acceptors (Lipinski definition) is 6. The summed E-state index contributed by atoms with van der Waals surface area (Å²) in [6.45, 7) is 3.83. The molecule has 0 radical (unpaired) electrons. The van der Waals surface area contributed by atoms with E-state index in [4.69, 9.17) is 21.1 Å². The van der Waals surface area contributed by atoms with Gasteiger partial charge in [0.2, 0.25) is 10.0 Å². The number of nitrogens with zero attached hydrogens (tertiary/aromatic N) is 2. The van der Waals surface area contributed by atoms with Crippen molar-refractivity contribution in [3.63, 3.8) is 0 Å². The van der Waals surface area contributed by atoms with Gasteiger partial charge in [-0.2, -0.15) is 4.31 Å². The molecule has 0 aromatic heterocycles. The first-order valence-corrected chi connectivity index (χ1v) is 12.0. The van der Waals surface area contributed by atoms with Crippen molar-refractivity contribution in [2.75, 3.05) is 47.4 Å². The molecule has 1 N–H and O–H groups in total. The summed E-state index contributed by atoms with van der Waals surface area (Å²) in [4.78, 5) is 14.9. The van der Waals surface area contributed by atoms with E-state index in [1.807, 2.05) is 14.0 Å². The van der Waals surface area contributed by atoms with Crippen LogP contribution in [0.2, 0.25) is 5.02 Å². The van der Waals surface area contributed by atoms with E-state index in [0.717, 1.165) is 5.56 Å². The topological polar surface area (TPSA) is 88.2 Å². The maximum atomic E-state index is 13.1. The number of halogens is 1. The van der Waals surface area contributed by atoms with Crippen molar-refractivity contribution in [1.29, 1.82) is 0 Å². The first kappa shape index (κ1) is 24.3. The van der Waals surface area contributed by atoms with Crippen LogP contribution in [0.1, 0.15) is 28.9 Å².